The topological polar surface area (TPSA) is 85.5 Å². The highest BCUT2D eigenvalue weighted by Gasteiger charge is 2.09. The number of amides is 1. The van der Waals surface area contributed by atoms with Crippen LogP contribution in [0.25, 0.3) is 11.0 Å². The van der Waals surface area contributed by atoms with Crippen LogP contribution in [0.15, 0.2) is 36.4 Å². The number of nitrogens with zero attached hydrogens (tertiary/aromatic N) is 1. The van der Waals surface area contributed by atoms with Gasteiger partial charge in [0, 0.05) is 19.2 Å². The Balaban J connectivity index is 1.61. The highest BCUT2D eigenvalue weighted by molar-refractivity contribution is 5.93. The largest absolute Gasteiger partial charge is 0.493 e. The van der Waals surface area contributed by atoms with E-state index in [-0.39, 0.29) is 5.91 Å². The van der Waals surface area contributed by atoms with Gasteiger partial charge in [-0.05, 0) is 42.3 Å². The van der Waals surface area contributed by atoms with Crippen LogP contribution in [0.2, 0.25) is 0 Å². The maximum Gasteiger partial charge on any atom is 0.224 e. The number of fused-ring (bicyclic) bond motifs is 1. The molecule has 1 aromatic heterocycles. The summed E-state index contributed by atoms with van der Waals surface area (Å²) in [6.45, 7) is 0.418. The van der Waals surface area contributed by atoms with Crippen LogP contribution in [-0.2, 0) is 22.6 Å². The first-order valence-corrected chi connectivity index (χ1v) is 8.61. The van der Waals surface area contributed by atoms with Crippen molar-refractivity contribution in [1.82, 2.24) is 9.97 Å². The molecule has 0 fully saturated rings. The van der Waals surface area contributed by atoms with E-state index < -0.39 is 0 Å². The number of hydrogen-bond acceptors (Lipinski definition) is 5. The van der Waals surface area contributed by atoms with Crippen LogP contribution < -0.4 is 14.8 Å². The van der Waals surface area contributed by atoms with Gasteiger partial charge in [0.2, 0.25) is 5.91 Å². The Hall–Kier alpha value is -3.06. The number of benzene rings is 2. The second kappa shape index (κ2) is 8.55. The molecule has 0 saturated heterocycles. The monoisotopic (exact) mass is 369 g/mol. The van der Waals surface area contributed by atoms with Crippen molar-refractivity contribution in [1.29, 1.82) is 0 Å². The summed E-state index contributed by atoms with van der Waals surface area (Å²) in [5, 5.41) is 2.92. The Bertz CT molecular complexity index is 936. The van der Waals surface area contributed by atoms with Crippen molar-refractivity contribution in [3.63, 3.8) is 0 Å². The van der Waals surface area contributed by atoms with Crippen LogP contribution in [-0.4, -0.2) is 37.2 Å². The Morgan fingerprint density at radius 1 is 1.07 bits per heavy atom. The SMILES string of the molecule is COCc1nc2ccc(NC(=O)CCc3ccc(OC)c(OC)c3)cc2[nH]1. The number of rotatable bonds is 8. The Morgan fingerprint density at radius 2 is 1.89 bits per heavy atom. The molecule has 0 aliphatic carbocycles. The molecule has 7 heteroatoms. The molecule has 0 spiro atoms. The minimum absolute atomic E-state index is 0.0548. The predicted molar refractivity (Wildman–Crippen MR) is 103 cm³/mol. The van der Waals surface area contributed by atoms with E-state index in [2.05, 4.69) is 15.3 Å². The summed E-state index contributed by atoms with van der Waals surface area (Å²) in [5.74, 6) is 2.03. The smallest absolute Gasteiger partial charge is 0.224 e. The van der Waals surface area contributed by atoms with Crippen molar-refractivity contribution in [3.8, 4) is 11.5 Å². The van der Waals surface area contributed by atoms with Crippen molar-refractivity contribution < 1.29 is 19.0 Å². The lowest BCUT2D eigenvalue weighted by Gasteiger charge is -2.10. The van der Waals surface area contributed by atoms with Gasteiger partial charge in [0.05, 0.1) is 25.3 Å². The number of aryl methyl sites for hydroxylation is 1. The van der Waals surface area contributed by atoms with Crippen LogP contribution in [0.5, 0.6) is 11.5 Å². The number of anilines is 1. The van der Waals surface area contributed by atoms with E-state index in [1.807, 2.05) is 36.4 Å². The molecule has 2 aromatic carbocycles. The maximum absolute atomic E-state index is 12.3. The Kier molecular flexibility index (Phi) is 5.93. The van der Waals surface area contributed by atoms with Crippen LogP contribution >= 0.6 is 0 Å². The molecule has 0 aliphatic heterocycles. The molecule has 0 bridgehead atoms. The van der Waals surface area contributed by atoms with Gasteiger partial charge in [-0.3, -0.25) is 4.79 Å². The molecule has 0 unspecified atom stereocenters. The number of H-pyrrole nitrogens is 1. The first kappa shape index (κ1) is 18.7. The minimum atomic E-state index is -0.0548. The number of nitrogens with one attached hydrogen (secondary N) is 2. The van der Waals surface area contributed by atoms with E-state index in [0.29, 0.717) is 30.9 Å². The summed E-state index contributed by atoms with van der Waals surface area (Å²) in [4.78, 5) is 19.9. The van der Waals surface area contributed by atoms with E-state index in [1.54, 1.807) is 21.3 Å². The molecule has 142 valence electrons. The fraction of sp³-hybridized carbons (Fsp3) is 0.300. The fourth-order valence-corrected chi connectivity index (χ4v) is 2.86. The van der Waals surface area contributed by atoms with E-state index in [9.17, 15) is 4.79 Å². The first-order valence-electron chi connectivity index (χ1n) is 8.61. The molecule has 0 atom stereocenters. The number of carbonyl (C=O) groups is 1. The molecular weight excluding hydrogens is 346 g/mol. The van der Waals surface area contributed by atoms with Gasteiger partial charge in [-0.25, -0.2) is 4.98 Å². The zero-order valence-corrected chi connectivity index (χ0v) is 15.7. The molecule has 3 aromatic rings. The molecule has 27 heavy (non-hydrogen) atoms. The van der Waals surface area contributed by atoms with Crippen LogP contribution in [0.3, 0.4) is 0 Å². The quantitative estimate of drug-likeness (QED) is 0.636. The van der Waals surface area contributed by atoms with Gasteiger partial charge >= 0.3 is 0 Å². The van der Waals surface area contributed by atoms with Gasteiger partial charge in [-0.15, -0.1) is 0 Å². The van der Waals surface area contributed by atoms with Crippen molar-refractivity contribution >= 4 is 22.6 Å². The number of ether oxygens (including phenoxy) is 3. The van der Waals surface area contributed by atoms with Gasteiger partial charge in [0.15, 0.2) is 11.5 Å². The highest BCUT2D eigenvalue weighted by Crippen LogP contribution is 2.28. The van der Waals surface area contributed by atoms with Crippen molar-refractivity contribution in [3.05, 3.63) is 47.8 Å². The highest BCUT2D eigenvalue weighted by atomic mass is 16.5. The van der Waals surface area contributed by atoms with Crippen LogP contribution in [0.4, 0.5) is 5.69 Å². The standard InChI is InChI=1S/C20H23N3O4/c1-25-12-19-22-15-7-6-14(11-16(15)23-19)21-20(24)9-5-13-4-8-17(26-2)18(10-13)27-3/h4,6-8,10-11H,5,9,12H2,1-3H3,(H,21,24)(H,22,23). The van der Waals surface area contributed by atoms with Crippen molar-refractivity contribution in [2.24, 2.45) is 0 Å². The predicted octanol–water partition coefficient (Wildman–Crippen LogP) is 3.30. The lowest BCUT2D eigenvalue weighted by atomic mass is 10.1. The maximum atomic E-state index is 12.3. The summed E-state index contributed by atoms with van der Waals surface area (Å²) < 4.78 is 15.6. The van der Waals surface area contributed by atoms with E-state index in [1.165, 1.54) is 0 Å². The summed E-state index contributed by atoms with van der Waals surface area (Å²) >= 11 is 0. The molecule has 0 radical (unpaired) electrons. The number of aromatic nitrogens is 2. The van der Waals surface area contributed by atoms with Crippen molar-refractivity contribution in [2.45, 2.75) is 19.4 Å². The third-order valence-electron chi connectivity index (χ3n) is 4.18. The molecule has 7 nitrogen and oxygen atoms in total. The molecule has 0 saturated carbocycles. The lowest BCUT2D eigenvalue weighted by molar-refractivity contribution is -0.116. The second-order valence-corrected chi connectivity index (χ2v) is 6.09. The second-order valence-electron chi connectivity index (χ2n) is 6.09. The number of carbonyl (C=O) groups excluding carboxylic acids is 1. The Morgan fingerprint density at radius 3 is 2.63 bits per heavy atom. The van der Waals surface area contributed by atoms with Gasteiger partial charge in [0.1, 0.15) is 12.4 Å². The molecular formula is C20H23N3O4. The average molecular weight is 369 g/mol. The normalized spacial score (nSPS) is 10.8. The van der Waals surface area contributed by atoms with E-state index >= 15 is 0 Å². The number of hydrogen-bond donors (Lipinski definition) is 2. The Labute approximate surface area is 157 Å². The van der Waals surface area contributed by atoms with Gasteiger partial charge in [-0.2, -0.15) is 0 Å². The zero-order chi connectivity index (χ0) is 19.2. The lowest BCUT2D eigenvalue weighted by Crippen LogP contribution is -2.12. The third kappa shape index (κ3) is 4.57. The van der Waals surface area contributed by atoms with Gasteiger partial charge in [0.25, 0.3) is 0 Å². The van der Waals surface area contributed by atoms with E-state index in [4.69, 9.17) is 14.2 Å². The minimum Gasteiger partial charge on any atom is -0.493 e. The molecule has 3 rings (SSSR count). The molecule has 1 heterocycles. The number of methoxy groups -OCH3 is 3. The van der Waals surface area contributed by atoms with Gasteiger partial charge < -0.3 is 24.5 Å². The van der Waals surface area contributed by atoms with Crippen LogP contribution in [0, 0.1) is 0 Å². The molecule has 2 N–H and O–H groups in total. The fourth-order valence-electron chi connectivity index (χ4n) is 2.86. The van der Waals surface area contributed by atoms with Crippen LogP contribution in [0.1, 0.15) is 17.8 Å². The summed E-state index contributed by atoms with van der Waals surface area (Å²) in [7, 11) is 4.81. The average Bonchev–Trinajstić information content (AvgIpc) is 3.08. The number of imidazole rings is 1. The van der Waals surface area contributed by atoms with Crippen molar-refractivity contribution in [2.75, 3.05) is 26.6 Å². The first-order chi connectivity index (χ1) is 13.1. The van der Waals surface area contributed by atoms with Gasteiger partial charge in [-0.1, -0.05) is 6.07 Å². The summed E-state index contributed by atoms with van der Waals surface area (Å²) in [6.07, 6.45) is 0.974. The third-order valence-corrected chi connectivity index (χ3v) is 4.18. The molecule has 1 amide bonds. The zero-order valence-electron chi connectivity index (χ0n) is 15.7. The summed E-state index contributed by atoms with van der Waals surface area (Å²) in [6, 6.07) is 11.2. The number of aromatic amines is 1. The molecule has 0 aliphatic rings. The summed E-state index contributed by atoms with van der Waals surface area (Å²) in [5.41, 5.74) is 3.44. The van der Waals surface area contributed by atoms with E-state index in [0.717, 1.165) is 28.1 Å².